The van der Waals surface area contributed by atoms with E-state index in [0.29, 0.717) is 23.8 Å². The van der Waals surface area contributed by atoms with Crippen molar-refractivity contribution in [1.82, 2.24) is 20.1 Å². The van der Waals surface area contributed by atoms with Crippen molar-refractivity contribution in [2.75, 3.05) is 0 Å². The van der Waals surface area contributed by atoms with E-state index in [1.807, 2.05) is 0 Å². The van der Waals surface area contributed by atoms with E-state index in [2.05, 4.69) is 20.1 Å². The minimum Gasteiger partial charge on any atom is -0.338 e. The van der Waals surface area contributed by atoms with Gasteiger partial charge in [0, 0.05) is 12.6 Å². The van der Waals surface area contributed by atoms with Crippen LogP contribution in [0.25, 0.3) is 11.5 Å². The molecule has 0 radical (unpaired) electrons. The number of hydrogen-bond acceptors (Lipinski definition) is 6. The summed E-state index contributed by atoms with van der Waals surface area (Å²) in [6.45, 7) is 0. The third-order valence-corrected chi connectivity index (χ3v) is 2.86. The van der Waals surface area contributed by atoms with Crippen LogP contribution in [0.5, 0.6) is 0 Å². The zero-order valence-corrected chi connectivity index (χ0v) is 9.04. The molecule has 1 aliphatic carbocycles. The molecule has 2 aromatic rings. The van der Waals surface area contributed by atoms with Crippen LogP contribution in [-0.2, 0) is 4.79 Å². The Balaban J connectivity index is 1.91. The Morgan fingerprint density at radius 3 is 3.06 bits per heavy atom. The second-order valence-corrected chi connectivity index (χ2v) is 3.96. The van der Waals surface area contributed by atoms with Crippen LogP contribution in [0, 0.1) is 0 Å². The molecule has 1 aliphatic rings. The maximum absolute atomic E-state index is 11.6. The molecular formula is C11H10N4O2. The molecule has 0 N–H and O–H groups in total. The molecule has 2 aromatic heterocycles. The minimum atomic E-state index is -0.224. The topological polar surface area (TPSA) is 81.8 Å². The van der Waals surface area contributed by atoms with Gasteiger partial charge in [-0.2, -0.15) is 4.98 Å². The number of Topliss-reactive ketones (excluding diaryl/α,β-unsaturated/α-hetero) is 1. The highest BCUT2D eigenvalue weighted by Crippen LogP contribution is 2.30. The minimum absolute atomic E-state index is 0.183. The first-order valence-corrected chi connectivity index (χ1v) is 5.47. The maximum atomic E-state index is 11.6. The van der Waals surface area contributed by atoms with Crippen molar-refractivity contribution in [2.45, 2.75) is 25.2 Å². The van der Waals surface area contributed by atoms with Gasteiger partial charge in [-0.3, -0.25) is 4.79 Å². The third kappa shape index (κ3) is 1.82. The fraction of sp³-hybridized carbons (Fsp3) is 0.364. The van der Waals surface area contributed by atoms with Gasteiger partial charge >= 0.3 is 0 Å². The van der Waals surface area contributed by atoms with Gasteiger partial charge in [0.05, 0.1) is 5.92 Å². The Morgan fingerprint density at radius 2 is 2.35 bits per heavy atom. The molecule has 0 amide bonds. The van der Waals surface area contributed by atoms with E-state index in [1.54, 1.807) is 12.3 Å². The molecule has 2 heterocycles. The van der Waals surface area contributed by atoms with Crippen molar-refractivity contribution in [3.8, 4) is 11.5 Å². The second-order valence-electron chi connectivity index (χ2n) is 3.96. The van der Waals surface area contributed by atoms with Gasteiger partial charge in [-0.25, -0.2) is 9.97 Å². The molecular weight excluding hydrogens is 220 g/mol. The lowest BCUT2D eigenvalue weighted by Gasteiger charge is -1.98. The first kappa shape index (κ1) is 10.1. The summed E-state index contributed by atoms with van der Waals surface area (Å²) in [5.74, 6) is 0.768. The van der Waals surface area contributed by atoms with E-state index >= 15 is 0 Å². The van der Waals surface area contributed by atoms with Gasteiger partial charge in [-0.15, -0.1) is 0 Å². The van der Waals surface area contributed by atoms with Gasteiger partial charge in [0.15, 0.2) is 0 Å². The zero-order valence-electron chi connectivity index (χ0n) is 9.04. The number of rotatable bonds is 2. The Bertz CT molecular complexity index is 537. The van der Waals surface area contributed by atoms with Crippen LogP contribution in [0.15, 0.2) is 23.1 Å². The first-order chi connectivity index (χ1) is 8.34. The van der Waals surface area contributed by atoms with Crippen molar-refractivity contribution >= 4 is 5.78 Å². The molecule has 1 unspecified atom stereocenters. The summed E-state index contributed by atoms with van der Waals surface area (Å²) in [6.07, 6.45) is 5.33. The number of aromatic nitrogens is 4. The molecule has 0 aliphatic heterocycles. The molecule has 1 fully saturated rings. The summed E-state index contributed by atoms with van der Waals surface area (Å²) in [4.78, 5) is 23.6. The Kier molecular flexibility index (Phi) is 2.40. The normalized spacial score (nSPS) is 19.8. The van der Waals surface area contributed by atoms with Gasteiger partial charge < -0.3 is 4.52 Å². The molecule has 0 saturated heterocycles. The largest absolute Gasteiger partial charge is 0.338 e. The average molecular weight is 230 g/mol. The molecule has 0 spiro atoms. The monoisotopic (exact) mass is 230 g/mol. The number of ketones is 1. The van der Waals surface area contributed by atoms with E-state index in [0.717, 1.165) is 12.8 Å². The molecule has 3 rings (SSSR count). The fourth-order valence-corrected chi connectivity index (χ4v) is 1.98. The molecule has 1 saturated carbocycles. The molecule has 6 heteroatoms. The Morgan fingerprint density at radius 1 is 1.41 bits per heavy atom. The van der Waals surface area contributed by atoms with Crippen molar-refractivity contribution in [2.24, 2.45) is 0 Å². The predicted molar refractivity (Wildman–Crippen MR) is 56.9 cm³/mol. The van der Waals surface area contributed by atoms with Crippen LogP contribution in [-0.4, -0.2) is 25.9 Å². The summed E-state index contributed by atoms with van der Waals surface area (Å²) in [5, 5.41) is 3.84. The Hall–Kier alpha value is -2.11. The van der Waals surface area contributed by atoms with Crippen LogP contribution in [0.2, 0.25) is 0 Å². The van der Waals surface area contributed by atoms with Crippen molar-refractivity contribution in [1.29, 1.82) is 0 Å². The zero-order chi connectivity index (χ0) is 11.7. The molecule has 86 valence electrons. The SMILES string of the molecule is O=C1CCCC1c1nc(-c2ccncn2)no1. The number of carbonyl (C=O) groups excluding carboxylic acids is 1. The van der Waals surface area contributed by atoms with Crippen LogP contribution in [0.3, 0.4) is 0 Å². The quantitative estimate of drug-likeness (QED) is 0.774. The summed E-state index contributed by atoms with van der Waals surface area (Å²) in [7, 11) is 0. The Labute approximate surface area is 97.1 Å². The van der Waals surface area contributed by atoms with Gasteiger partial charge in [-0.1, -0.05) is 5.16 Å². The molecule has 6 nitrogen and oxygen atoms in total. The van der Waals surface area contributed by atoms with E-state index < -0.39 is 0 Å². The summed E-state index contributed by atoms with van der Waals surface area (Å²) < 4.78 is 5.13. The van der Waals surface area contributed by atoms with Gasteiger partial charge in [-0.05, 0) is 18.9 Å². The third-order valence-electron chi connectivity index (χ3n) is 2.86. The molecule has 0 aromatic carbocycles. The number of carbonyl (C=O) groups is 1. The summed E-state index contributed by atoms with van der Waals surface area (Å²) >= 11 is 0. The lowest BCUT2D eigenvalue weighted by atomic mass is 10.1. The average Bonchev–Trinajstić information content (AvgIpc) is 2.98. The van der Waals surface area contributed by atoms with Crippen molar-refractivity contribution in [3.05, 3.63) is 24.5 Å². The number of nitrogens with zero attached hydrogens (tertiary/aromatic N) is 4. The maximum Gasteiger partial charge on any atom is 0.237 e. The smallest absolute Gasteiger partial charge is 0.237 e. The van der Waals surface area contributed by atoms with Crippen LogP contribution < -0.4 is 0 Å². The van der Waals surface area contributed by atoms with Gasteiger partial charge in [0.1, 0.15) is 17.8 Å². The van der Waals surface area contributed by atoms with E-state index in [9.17, 15) is 4.79 Å². The lowest BCUT2D eigenvalue weighted by molar-refractivity contribution is -0.119. The summed E-state index contributed by atoms with van der Waals surface area (Å²) in [6, 6.07) is 1.70. The van der Waals surface area contributed by atoms with E-state index in [1.165, 1.54) is 6.33 Å². The predicted octanol–water partition coefficient (Wildman–Crippen LogP) is 1.36. The molecule has 1 atom stereocenters. The number of hydrogen-bond donors (Lipinski definition) is 0. The van der Waals surface area contributed by atoms with Crippen LogP contribution in [0.1, 0.15) is 31.1 Å². The lowest BCUT2D eigenvalue weighted by Crippen LogP contribution is -2.04. The van der Waals surface area contributed by atoms with Gasteiger partial charge in [0.25, 0.3) is 0 Å². The summed E-state index contributed by atoms with van der Waals surface area (Å²) in [5.41, 5.74) is 0.598. The molecule has 17 heavy (non-hydrogen) atoms. The highest BCUT2D eigenvalue weighted by atomic mass is 16.5. The molecule has 0 bridgehead atoms. The highest BCUT2D eigenvalue weighted by Gasteiger charge is 2.31. The van der Waals surface area contributed by atoms with E-state index in [4.69, 9.17) is 4.52 Å². The first-order valence-electron chi connectivity index (χ1n) is 5.47. The van der Waals surface area contributed by atoms with Crippen molar-refractivity contribution in [3.63, 3.8) is 0 Å². The van der Waals surface area contributed by atoms with Crippen molar-refractivity contribution < 1.29 is 9.32 Å². The fourth-order valence-electron chi connectivity index (χ4n) is 1.98. The van der Waals surface area contributed by atoms with Crippen LogP contribution in [0.4, 0.5) is 0 Å². The van der Waals surface area contributed by atoms with Gasteiger partial charge in [0.2, 0.25) is 11.7 Å². The second kappa shape index (κ2) is 4.04. The highest BCUT2D eigenvalue weighted by molar-refractivity contribution is 5.86. The van der Waals surface area contributed by atoms with E-state index in [-0.39, 0.29) is 11.7 Å². The standard InChI is InChI=1S/C11H10N4O2/c16-9-3-1-2-7(9)11-14-10(15-17-11)8-4-5-12-6-13-8/h4-7H,1-3H2. The van der Waals surface area contributed by atoms with Crippen LogP contribution >= 0.6 is 0 Å².